The summed E-state index contributed by atoms with van der Waals surface area (Å²) in [6.45, 7) is 4.11. The lowest BCUT2D eigenvalue weighted by Crippen LogP contribution is -2.25. The summed E-state index contributed by atoms with van der Waals surface area (Å²) >= 11 is 9.07. The Kier molecular flexibility index (Phi) is 4.60. The topological polar surface area (TPSA) is 34.9 Å². The number of benzene rings is 1. The SMILES string of the molecule is CC(C)c1nc(Cl)cc(=O)n1Cc1cc(F)cc(Br)c1. The molecular formula is C14H13BrClFN2O. The highest BCUT2D eigenvalue weighted by Crippen LogP contribution is 2.18. The van der Waals surface area contributed by atoms with E-state index in [1.54, 1.807) is 6.07 Å². The Labute approximate surface area is 129 Å². The Morgan fingerprint density at radius 1 is 1.35 bits per heavy atom. The van der Waals surface area contributed by atoms with E-state index >= 15 is 0 Å². The van der Waals surface area contributed by atoms with Crippen molar-refractivity contribution in [1.29, 1.82) is 0 Å². The zero-order valence-electron chi connectivity index (χ0n) is 11.0. The third kappa shape index (κ3) is 3.46. The quantitative estimate of drug-likeness (QED) is 0.777. The Morgan fingerprint density at radius 3 is 2.65 bits per heavy atom. The van der Waals surface area contributed by atoms with E-state index in [0.717, 1.165) is 0 Å². The molecule has 0 aliphatic heterocycles. The van der Waals surface area contributed by atoms with Gasteiger partial charge in [-0.05, 0) is 23.8 Å². The van der Waals surface area contributed by atoms with Crippen LogP contribution in [0, 0.1) is 5.82 Å². The molecule has 106 valence electrons. The van der Waals surface area contributed by atoms with Crippen LogP contribution in [0.3, 0.4) is 0 Å². The first kappa shape index (κ1) is 15.2. The largest absolute Gasteiger partial charge is 0.292 e. The lowest BCUT2D eigenvalue weighted by molar-refractivity contribution is 0.607. The predicted molar refractivity (Wildman–Crippen MR) is 80.8 cm³/mol. The molecule has 0 aliphatic rings. The van der Waals surface area contributed by atoms with E-state index < -0.39 is 0 Å². The van der Waals surface area contributed by atoms with Crippen molar-refractivity contribution in [2.45, 2.75) is 26.3 Å². The van der Waals surface area contributed by atoms with Gasteiger partial charge in [0.15, 0.2) is 0 Å². The van der Waals surface area contributed by atoms with Gasteiger partial charge in [0.1, 0.15) is 16.8 Å². The smallest absolute Gasteiger partial charge is 0.255 e. The Balaban J connectivity index is 2.50. The lowest BCUT2D eigenvalue weighted by Gasteiger charge is -2.15. The minimum atomic E-state index is -0.351. The van der Waals surface area contributed by atoms with Crippen LogP contribution in [-0.4, -0.2) is 9.55 Å². The van der Waals surface area contributed by atoms with Crippen LogP contribution in [0.2, 0.25) is 5.15 Å². The number of hydrogen-bond donors (Lipinski definition) is 0. The summed E-state index contributed by atoms with van der Waals surface area (Å²) in [5.74, 6) is 0.275. The second-order valence-corrected chi connectivity index (χ2v) is 6.10. The lowest BCUT2D eigenvalue weighted by atomic mass is 10.1. The summed E-state index contributed by atoms with van der Waals surface area (Å²) in [6.07, 6.45) is 0. The normalized spacial score (nSPS) is 11.1. The van der Waals surface area contributed by atoms with E-state index in [-0.39, 0.29) is 29.0 Å². The van der Waals surface area contributed by atoms with E-state index in [1.807, 2.05) is 13.8 Å². The third-order valence-corrected chi connectivity index (χ3v) is 3.44. The van der Waals surface area contributed by atoms with Crippen LogP contribution in [0.5, 0.6) is 0 Å². The molecule has 0 N–H and O–H groups in total. The number of hydrogen-bond acceptors (Lipinski definition) is 2. The van der Waals surface area contributed by atoms with Crippen molar-refractivity contribution in [2.24, 2.45) is 0 Å². The highest BCUT2D eigenvalue weighted by Gasteiger charge is 2.12. The summed E-state index contributed by atoms with van der Waals surface area (Å²) in [6, 6.07) is 5.81. The summed E-state index contributed by atoms with van der Waals surface area (Å²) < 4.78 is 15.5. The summed E-state index contributed by atoms with van der Waals surface area (Å²) in [5.41, 5.74) is 0.444. The van der Waals surface area contributed by atoms with Crippen molar-refractivity contribution in [3.8, 4) is 0 Å². The Bertz CT molecular complexity index is 680. The molecule has 6 heteroatoms. The molecule has 2 aromatic rings. The number of rotatable bonds is 3. The van der Waals surface area contributed by atoms with E-state index in [2.05, 4.69) is 20.9 Å². The fourth-order valence-corrected chi connectivity index (χ4v) is 2.67. The maximum atomic E-state index is 13.4. The molecule has 2 rings (SSSR count). The molecule has 0 radical (unpaired) electrons. The highest BCUT2D eigenvalue weighted by atomic mass is 79.9. The van der Waals surface area contributed by atoms with Crippen LogP contribution in [0.4, 0.5) is 4.39 Å². The maximum Gasteiger partial charge on any atom is 0.255 e. The van der Waals surface area contributed by atoms with Gasteiger partial charge >= 0.3 is 0 Å². The first-order valence-corrected chi connectivity index (χ1v) is 7.26. The summed E-state index contributed by atoms with van der Waals surface area (Å²) in [7, 11) is 0. The van der Waals surface area contributed by atoms with E-state index in [9.17, 15) is 9.18 Å². The molecule has 1 aromatic carbocycles. The fraction of sp³-hybridized carbons (Fsp3) is 0.286. The van der Waals surface area contributed by atoms with Gasteiger partial charge in [-0.3, -0.25) is 9.36 Å². The van der Waals surface area contributed by atoms with E-state index in [0.29, 0.717) is 15.9 Å². The van der Waals surface area contributed by atoms with Crippen LogP contribution in [-0.2, 0) is 6.54 Å². The molecule has 0 spiro atoms. The van der Waals surface area contributed by atoms with Crippen molar-refractivity contribution in [3.05, 3.63) is 61.5 Å². The minimum Gasteiger partial charge on any atom is -0.292 e. The molecule has 0 saturated heterocycles. The standard InChI is InChI=1S/C14H13BrClFN2O/c1-8(2)14-18-12(16)6-13(20)19(14)7-9-3-10(15)5-11(17)4-9/h3-6,8H,7H2,1-2H3. The van der Waals surface area contributed by atoms with E-state index in [4.69, 9.17) is 11.6 Å². The number of nitrogens with zero attached hydrogens (tertiary/aromatic N) is 2. The van der Waals surface area contributed by atoms with Crippen molar-refractivity contribution in [1.82, 2.24) is 9.55 Å². The molecule has 20 heavy (non-hydrogen) atoms. The van der Waals surface area contributed by atoms with Gasteiger partial charge < -0.3 is 0 Å². The maximum absolute atomic E-state index is 13.4. The molecule has 1 heterocycles. The van der Waals surface area contributed by atoms with Gasteiger partial charge in [-0.1, -0.05) is 41.4 Å². The molecule has 1 aromatic heterocycles. The van der Waals surface area contributed by atoms with Gasteiger partial charge in [0.05, 0.1) is 6.54 Å². The molecule has 0 bridgehead atoms. The van der Waals surface area contributed by atoms with Crippen LogP contribution in [0.25, 0.3) is 0 Å². The van der Waals surface area contributed by atoms with Gasteiger partial charge in [0.25, 0.3) is 5.56 Å². The Hall–Kier alpha value is -1.20. The monoisotopic (exact) mass is 358 g/mol. The second kappa shape index (κ2) is 6.06. The van der Waals surface area contributed by atoms with Gasteiger partial charge in [0, 0.05) is 16.5 Å². The number of aromatic nitrogens is 2. The predicted octanol–water partition coefficient (Wildman–Crippen LogP) is 3.97. The van der Waals surface area contributed by atoms with Crippen molar-refractivity contribution < 1.29 is 4.39 Å². The zero-order valence-corrected chi connectivity index (χ0v) is 13.4. The molecule has 0 atom stereocenters. The molecule has 0 aliphatic carbocycles. The van der Waals surface area contributed by atoms with Gasteiger partial charge in [-0.2, -0.15) is 0 Å². The average Bonchev–Trinajstić information content (AvgIpc) is 2.30. The Morgan fingerprint density at radius 2 is 2.05 bits per heavy atom. The van der Waals surface area contributed by atoms with E-state index in [1.165, 1.54) is 22.8 Å². The van der Waals surface area contributed by atoms with Crippen molar-refractivity contribution in [2.75, 3.05) is 0 Å². The average molecular weight is 360 g/mol. The fourth-order valence-electron chi connectivity index (χ4n) is 1.98. The molecule has 0 amide bonds. The highest BCUT2D eigenvalue weighted by molar-refractivity contribution is 9.10. The molecule has 3 nitrogen and oxygen atoms in total. The zero-order chi connectivity index (χ0) is 14.9. The van der Waals surface area contributed by atoms with Gasteiger partial charge in [-0.15, -0.1) is 0 Å². The van der Waals surface area contributed by atoms with Crippen molar-refractivity contribution >= 4 is 27.5 Å². The first-order valence-electron chi connectivity index (χ1n) is 6.09. The van der Waals surface area contributed by atoms with Crippen LogP contribution < -0.4 is 5.56 Å². The third-order valence-electron chi connectivity index (χ3n) is 2.79. The number of halogens is 3. The van der Waals surface area contributed by atoms with Gasteiger partial charge in [-0.25, -0.2) is 9.37 Å². The van der Waals surface area contributed by atoms with Crippen LogP contribution in [0.15, 0.2) is 33.5 Å². The van der Waals surface area contributed by atoms with Gasteiger partial charge in [0.2, 0.25) is 0 Å². The molecular weight excluding hydrogens is 347 g/mol. The molecule has 0 saturated carbocycles. The van der Waals surface area contributed by atoms with Crippen LogP contribution >= 0.6 is 27.5 Å². The van der Waals surface area contributed by atoms with Crippen molar-refractivity contribution in [3.63, 3.8) is 0 Å². The molecule has 0 fully saturated rings. The van der Waals surface area contributed by atoms with Crippen LogP contribution in [0.1, 0.15) is 31.2 Å². The first-order chi connectivity index (χ1) is 9.36. The second-order valence-electron chi connectivity index (χ2n) is 4.79. The minimum absolute atomic E-state index is 0.0402. The summed E-state index contributed by atoms with van der Waals surface area (Å²) in [4.78, 5) is 16.3. The molecule has 0 unspecified atom stereocenters. The summed E-state index contributed by atoms with van der Waals surface area (Å²) in [5, 5.41) is 0.176.